The molecule has 0 aliphatic carbocycles. The van der Waals surface area contributed by atoms with Crippen LogP contribution in [0.2, 0.25) is 0 Å². The summed E-state index contributed by atoms with van der Waals surface area (Å²) in [6, 6.07) is -1.63. The van der Waals surface area contributed by atoms with Gasteiger partial charge in [0.1, 0.15) is 16.5 Å². The highest BCUT2D eigenvalue weighted by molar-refractivity contribution is 6.44. The fourth-order valence-corrected chi connectivity index (χ4v) is 1.16. The van der Waals surface area contributed by atoms with E-state index in [-0.39, 0.29) is 0 Å². The van der Waals surface area contributed by atoms with Crippen molar-refractivity contribution in [3.63, 3.8) is 0 Å². The molecule has 0 spiro atoms. The maximum absolute atomic E-state index is 11.3. The number of amides is 1. The first-order chi connectivity index (χ1) is 7.54. The lowest BCUT2D eigenvalue weighted by Crippen LogP contribution is -2.52. The van der Waals surface area contributed by atoms with Crippen LogP contribution in [0.3, 0.4) is 0 Å². The third-order valence-corrected chi connectivity index (χ3v) is 2.05. The van der Waals surface area contributed by atoms with Crippen LogP contribution < -0.4 is 5.32 Å². The lowest BCUT2D eigenvalue weighted by molar-refractivity contribution is -0.142. The Kier molecular flexibility index (Phi) is 6.01. The van der Waals surface area contributed by atoms with E-state index in [9.17, 15) is 14.7 Å². The van der Waals surface area contributed by atoms with Crippen LogP contribution in [0.15, 0.2) is 0 Å². The zero-order chi connectivity index (χ0) is 13.8. The first kappa shape index (κ1) is 16.3. The molecule has 0 unspecified atom stereocenters. The molecular formula is C9H15Cl2NO5. The molecule has 17 heavy (non-hydrogen) atoms. The molecule has 0 radical (unpaired) electrons. The Morgan fingerprint density at radius 3 is 2.06 bits per heavy atom. The van der Waals surface area contributed by atoms with Crippen LogP contribution in [0.4, 0.5) is 4.79 Å². The van der Waals surface area contributed by atoms with Crippen LogP contribution in [0.1, 0.15) is 20.8 Å². The van der Waals surface area contributed by atoms with Gasteiger partial charge in [0.25, 0.3) is 0 Å². The number of nitrogens with one attached hydrogen (secondary N) is 1. The minimum atomic E-state index is -1.64. The third-order valence-electron chi connectivity index (χ3n) is 1.54. The number of alkyl halides is 2. The van der Waals surface area contributed by atoms with Crippen LogP contribution in [0.5, 0.6) is 0 Å². The molecule has 6 nitrogen and oxygen atoms in total. The molecule has 0 fully saturated rings. The van der Waals surface area contributed by atoms with Crippen molar-refractivity contribution in [1.29, 1.82) is 0 Å². The van der Waals surface area contributed by atoms with Gasteiger partial charge in [-0.3, -0.25) is 0 Å². The van der Waals surface area contributed by atoms with Crippen molar-refractivity contribution in [2.24, 2.45) is 0 Å². The Balaban J connectivity index is 4.57. The number of hydrogen-bond acceptors (Lipinski definition) is 4. The number of aliphatic hydroxyl groups excluding tert-OH is 1. The van der Waals surface area contributed by atoms with Crippen LogP contribution in [-0.2, 0) is 9.53 Å². The summed E-state index contributed by atoms with van der Waals surface area (Å²) < 4.78 is 4.84. The molecule has 0 saturated carbocycles. The molecule has 0 bridgehead atoms. The van der Waals surface area contributed by atoms with E-state index in [0.717, 1.165) is 0 Å². The summed E-state index contributed by atoms with van der Waals surface area (Å²) in [6.45, 7) is 4.85. The van der Waals surface area contributed by atoms with Gasteiger partial charge in [0.15, 0.2) is 6.04 Å². The van der Waals surface area contributed by atoms with Crippen LogP contribution >= 0.6 is 23.2 Å². The van der Waals surface area contributed by atoms with Crippen LogP contribution in [0, 0.1) is 0 Å². The first-order valence-corrected chi connectivity index (χ1v) is 5.60. The summed E-state index contributed by atoms with van der Waals surface area (Å²) in [5, 5.41) is 20.2. The highest BCUT2D eigenvalue weighted by Crippen LogP contribution is 2.13. The summed E-state index contributed by atoms with van der Waals surface area (Å²) in [4.78, 5) is 20.8. The number of aliphatic carboxylic acids is 1. The molecule has 2 atom stereocenters. The van der Waals surface area contributed by atoms with Crippen LogP contribution in [-0.4, -0.2) is 44.9 Å². The minimum Gasteiger partial charge on any atom is -0.480 e. The van der Waals surface area contributed by atoms with Gasteiger partial charge in [-0.2, -0.15) is 0 Å². The van der Waals surface area contributed by atoms with Gasteiger partial charge in [-0.25, -0.2) is 9.59 Å². The number of hydrogen-bond donors (Lipinski definition) is 3. The number of halogens is 2. The number of carbonyl (C=O) groups is 2. The Labute approximate surface area is 109 Å². The Hall–Kier alpha value is -0.720. The normalized spacial score (nSPS) is 15.2. The average molecular weight is 288 g/mol. The molecule has 0 heterocycles. The second-order valence-electron chi connectivity index (χ2n) is 4.29. The fraction of sp³-hybridized carbons (Fsp3) is 0.778. The van der Waals surface area contributed by atoms with Gasteiger partial charge in [-0.05, 0) is 20.8 Å². The van der Waals surface area contributed by atoms with Gasteiger partial charge in [0, 0.05) is 0 Å². The summed E-state index contributed by atoms with van der Waals surface area (Å²) in [5.41, 5.74) is -0.778. The van der Waals surface area contributed by atoms with Crippen LogP contribution in [0.25, 0.3) is 0 Å². The first-order valence-electron chi connectivity index (χ1n) is 4.73. The zero-order valence-corrected chi connectivity index (χ0v) is 11.1. The van der Waals surface area contributed by atoms with Crippen molar-refractivity contribution in [2.75, 3.05) is 0 Å². The highest BCUT2D eigenvalue weighted by Gasteiger charge is 2.33. The number of carboxylic acid groups (broad SMARTS) is 1. The molecule has 0 aromatic heterocycles. The van der Waals surface area contributed by atoms with Crippen molar-refractivity contribution in [3.8, 4) is 0 Å². The molecule has 100 valence electrons. The maximum Gasteiger partial charge on any atom is 0.408 e. The summed E-state index contributed by atoms with van der Waals surface area (Å²) in [7, 11) is 0. The quantitative estimate of drug-likeness (QED) is 0.674. The van der Waals surface area contributed by atoms with E-state index >= 15 is 0 Å². The number of ether oxygens (including phenoxy) is 1. The van der Waals surface area contributed by atoms with E-state index in [1.54, 1.807) is 20.8 Å². The van der Waals surface area contributed by atoms with Gasteiger partial charge in [0.05, 0.1) is 0 Å². The Morgan fingerprint density at radius 2 is 1.76 bits per heavy atom. The third kappa shape index (κ3) is 6.55. The van der Waals surface area contributed by atoms with E-state index in [4.69, 9.17) is 33.0 Å². The molecular weight excluding hydrogens is 273 g/mol. The number of alkyl carbamates (subject to hydrolysis) is 1. The Morgan fingerprint density at radius 1 is 1.29 bits per heavy atom. The van der Waals surface area contributed by atoms with Gasteiger partial charge in [-0.15, -0.1) is 23.2 Å². The number of aliphatic hydroxyl groups is 1. The summed E-state index contributed by atoms with van der Waals surface area (Å²) in [5.74, 6) is -1.46. The standard InChI is InChI=1S/C9H15Cl2NO5/c1-9(2,3)17-8(16)12-4(7(14)15)5(13)6(10)11/h4-6,13H,1-3H3,(H,12,16)(H,14,15)/t4-,5-/m0/s1. The van der Waals surface area contributed by atoms with Gasteiger partial charge in [0.2, 0.25) is 0 Å². The molecule has 0 saturated heterocycles. The van der Waals surface area contributed by atoms with E-state index in [1.165, 1.54) is 0 Å². The van der Waals surface area contributed by atoms with Crippen molar-refractivity contribution in [2.45, 2.75) is 43.4 Å². The highest BCUT2D eigenvalue weighted by atomic mass is 35.5. The summed E-state index contributed by atoms with van der Waals surface area (Å²) >= 11 is 10.7. The molecule has 0 rings (SSSR count). The second-order valence-corrected chi connectivity index (χ2v) is 5.45. The number of carboxylic acids is 1. The predicted molar refractivity (Wildman–Crippen MR) is 62.3 cm³/mol. The van der Waals surface area contributed by atoms with E-state index in [2.05, 4.69) is 0 Å². The molecule has 8 heteroatoms. The van der Waals surface area contributed by atoms with E-state index in [1.807, 2.05) is 5.32 Å². The van der Waals surface area contributed by atoms with Gasteiger partial charge < -0.3 is 20.3 Å². The molecule has 0 aliphatic rings. The lowest BCUT2D eigenvalue weighted by atomic mass is 10.2. The van der Waals surface area contributed by atoms with Gasteiger partial charge in [-0.1, -0.05) is 0 Å². The molecule has 0 aromatic carbocycles. The second kappa shape index (κ2) is 6.28. The van der Waals surface area contributed by atoms with E-state index < -0.39 is 34.6 Å². The molecule has 3 N–H and O–H groups in total. The number of carbonyl (C=O) groups excluding carboxylic acids is 1. The minimum absolute atomic E-state index is 0.778. The average Bonchev–Trinajstić information content (AvgIpc) is 2.09. The molecule has 0 aliphatic heterocycles. The van der Waals surface area contributed by atoms with Crippen molar-refractivity contribution < 1.29 is 24.5 Å². The largest absolute Gasteiger partial charge is 0.480 e. The monoisotopic (exact) mass is 287 g/mol. The molecule has 0 aromatic rings. The lowest BCUT2D eigenvalue weighted by Gasteiger charge is -2.24. The topological polar surface area (TPSA) is 95.9 Å². The molecule has 1 amide bonds. The fourth-order valence-electron chi connectivity index (χ4n) is 0.873. The summed E-state index contributed by atoms with van der Waals surface area (Å²) in [6.07, 6.45) is -2.61. The number of rotatable bonds is 4. The van der Waals surface area contributed by atoms with Crippen molar-refractivity contribution in [3.05, 3.63) is 0 Å². The SMILES string of the molecule is CC(C)(C)OC(=O)N[C@H](C(=O)O)[C@H](O)C(Cl)Cl. The van der Waals surface area contributed by atoms with Crippen molar-refractivity contribution >= 4 is 35.3 Å². The smallest absolute Gasteiger partial charge is 0.408 e. The zero-order valence-electron chi connectivity index (χ0n) is 9.61. The van der Waals surface area contributed by atoms with Crippen molar-refractivity contribution in [1.82, 2.24) is 5.32 Å². The Bertz CT molecular complexity index is 290. The predicted octanol–water partition coefficient (Wildman–Crippen LogP) is 1.13. The van der Waals surface area contributed by atoms with E-state index in [0.29, 0.717) is 0 Å². The maximum atomic E-state index is 11.3. The van der Waals surface area contributed by atoms with Gasteiger partial charge >= 0.3 is 12.1 Å².